The summed E-state index contributed by atoms with van der Waals surface area (Å²) in [7, 11) is 0. The maximum absolute atomic E-state index is 13.1. The van der Waals surface area contributed by atoms with E-state index in [4.69, 9.17) is 0 Å². The SMILES string of the molecule is Fc1ccc(N2CCN(c3nncc(NCCc4ccccc4)n3)CC2)cc1. The molecular weight excluding hydrogens is 355 g/mol. The van der Waals surface area contributed by atoms with E-state index in [1.165, 1.54) is 17.7 Å². The average molecular weight is 378 g/mol. The minimum Gasteiger partial charge on any atom is -0.368 e. The number of hydrogen-bond donors (Lipinski definition) is 1. The van der Waals surface area contributed by atoms with Gasteiger partial charge in [-0.25, -0.2) is 4.39 Å². The zero-order valence-corrected chi connectivity index (χ0v) is 15.6. The third kappa shape index (κ3) is 4.54. The second kappa shape index (κ2) is 8.65. The predicted molar refractivity (Wildman–Crippen MR) is 109 cm³/mol. The molecule has 0 bridgehead atoms. The van der Waals surface area contributed by atoms with Crippen LogP contribution in [0.25, 0.3) is 0 Å². The van der Waals surface area contributed by atoms with E-state index in [0.29, 0.717) is 5.95 Å². The molecule has 4 rings (SSSR count). The van der Waals surface area contributed by atoms with Crippen LogP contribution < -0.4 is 15.1 Å². The summed E-state index contributed by atoms with van der Waals surface area (Å²) in [5, 5.41) is 11.6. The highest BCUT2D eigenvalue weighted by molar-refractivity contribution is 5.49. The Bertz CT molecular complexity index is 879. The monoisotopic (exact) mass is 378 g/mol. The summed E-state index contributed by atoms with van der Waals surface area (Å²) in [6.07, 6.45) is 2.58. The molecule has 3 aromatic rings. The van der Waals surface area contributed by atoms with Crippen molar-refractivity contribution in [1.82, 2.24) is 15.2 Å². The maximum Gasteiger partial charge on any atom is 0.247 e. The Morgan fingerprint density at radius 3 is 2.36 bits per heavy atom. The van der Waals surface area contributed by atoms with Crippen LogP contribution in [0.3, 0.4) is 0 Å². The van der Waals surface area contributed by atoms with Crippen LogP contribution in [0.4, 0.5) is 21.8 Å². The fraction of sp³-hybridized carbons (Fsp3) is 0.286. The van der Waals surface area contributed by atoms with Crippen LogP contribution in [-0.2, 0) is 6.42 Å². The van der Waals surface area contributed by atoms with E-state index >= 15 is 0 Å². The van der Waals surface area contributed by atoms with Gasteiger partial charge in [-0.05, 0) is 36.2 Å². The fourth-order valence-corrected chi connectivity index (χ4v) is 3.31. The molecule has 6 nitrogen and oxygen atoms in total. The molecule has 1 aliphatic rings. The Morgan fingerprint density at radius 1 is 0.893 bits per heavy atom. The number of nitrogens with zero attached hydrogens (tertiary/aromatic N) is 5. The molecule has 0 amide bonds. The summed E-state index contributed by atoms with van der Waals surface area (Å²) in [6.45, 7) is 4.06. The van der Waals surface area contributed by atoms with E-state index in [-0.39, 0.29) is 5.82 Å². The lowest BCUT2D eigenvalue weighted by Crippen LogP contribution is -2.47. The van der Waals surface area contributed by atoms with Crippen LogP contribution in [0.2, 0.25) is 0 Å². The van der Waals surface area contributed by atoms with E-state index in [2.05, 4.69) is 42.4 Å². The average Bonchev–Trinajstić information content (AvgIpc) is 2.75. The topological polar surface area (TPSA) is 57.2 Å². The fourth-order valence-electron chi connectivity index (χ4n) is 3.31. The van der Waals surface area contributed by atoms with Gasteiger partial charge >= 0.3 is 0 Å². The van der Waals surface area contributed by atoms with Crippen LogP contribution in [0.1, 0.15) is 5.56 Å². The third-order valence-electron chi connectivity index (χ3n) is 4.86. The van der Waals surface area contributed by atoms with Gasteiger partial charge in [-0.15, -0.1) is 5.10 Å². The number of benzene rings is 2. The quantitative estimate of drug-likeness (QED) is 0.712. The maximum atomic E-state index is 13.1. The normalized spacial score (nSPS) is 14.2. The summed E-state index contributed by atoms with van der Waals surface area (Å²) in [5.41, 5.74) is 2.32. The van der Waals surface area contributed by atoms with Crippen LogP contribution in [0.15, 0.2) is 60.8 Å². The second-order valence-corrected chi connectivity index (χ2v) is 6.75. The van der Waals surface area contributed by atoms with E-state index in [1.807, 2.05) is 30.3 Å². The summed E-state index contributed by atoms with van der Waals surface area (Å²) in [5.74, 6) is 1.17. The largest absolute Gasteiger partial charge is 0.368 e. The lowest BCUT2D eigenvalue weighted by Gasteiger charge is -2.35. The summed E-state index contributed by atoms with van der Waals surface area (Å²) in [4.78, 5) is 8.99. The first-order chi connectivity index (χ1) is 13.8. The molecule has 2 heterocycles. The molecule has 1 aliphatic heterocycles. The molecule has 0 aliphatic carbocycles. The zero-order valence-electron chi connectivity index (χ0n) is 15.6. The van der Waals surface area contributed by atoms with Crippen LogP contribution in [0.5, 0.6) is 0 Å². The Kier molecular flexibility index (Phi) is 5.61. The standard InChI is InChI=1S/C21H23FN6/c22-18-6-8-19(9-7-18)27-12-14-28(15-13-27)21-25-20(16-24-26-21)23-11-10-17-4-2-1-3-5-17/h1-9,16H,10-15H2,(H,23,25,26). The molecule has 0 atom stereocenters. The van der Waals surface area contributed by atoms with E-state index < -0.39 is 0 Å². The summed E-state index contributed by atoms with van der Waals surface area (Å²) < 4.78 is 13.1. The molecule has 0 unspecified atom stereocenters. The molecule has 7 heteroatoms. The second-order valence-electron chi connectivity index (χ2n) is 6.75. The van der Waals surface area contributed by atoms with Crippen LogP contribution in [-0.4, -0.2) is 47.9 Å². The van der Waals surface area contributed by atoms with Crippen molar-refractivity contribution in [2.45, 2.75) is 6.42 Å². The van der Waals surface area contributed by atoms with Gasteiger partial charge in [0.25, 0.3) is 0 Å². The van der Waals surface area contributed by atoms with Gasteiger partial charge in [0.15, 0.2) is 5.82 Å². The van der Waals surface area contributed by atoms with Gasteiger partial charge in [0, 0.05) is 38.4 Å². The molecule has 0 radical (unpaired) electrons. The molecule has 0 saturated carbocycles. The van der Waals surface area contributed by atoms with E-state index in [0.717, 1.165) is 50.6 Å². The first-order valence-corrected chi connectivity index (χ1v) is 9.51. The molecule has 2 aromatic carbocycles. The van der Waals surface area contributed by atoms with Gasteiger partial charge in [-0.3, -0.25) is 0 Å². The highest BCUT2D eigenvalue weighted by atomic mass is 19.1. The predicted octanol–water partition coefficient (Wildman–Crippen LogP) is 2.99. The number of nitrogens with one attached hydrogen (secondary N) is 1. The number of halogens is 1. The molecule has 1 aromatic heterocycles. The molecule has 144 valence electrons. The Balaban J connectivity index is 1.31. The number of hydrogen-bond acceptors (Lipinski definition) is 6. The van der Waals surface area contributed by atoms with Crippen LogP contribution in [0, 0.1) is 5.82 Å². The molecular formula is C21H23FN6. The molecule has 28 heavy (non-hydrogen) atoms. The van der Waals surface area contributed by atoms with Crippen molar-refractivity contribution in [3.05, 3.63) is 72.2 Å². The van der Waals surface area contributed by atoms with E-state index in [9.17, 15) is 4.39 Å². The van der Waals surface area contributed by atoms with E-state index in [1.54, 1.807) is 6.20 Å². The minimum absolute atomic E-state index is 0.210. The number of rotatable bonds is 6. The highest BCUT2D eigenvalue weighted by Crippen LogP contribution is 2.19. The number of piperazine rings is 1. The van der Waals surface area contributed by atoms with Gasteiger partial charge in [0.2, 0.25) is 5.95 Å². The number of anilines is 3. The van der Waals surface area contributed by atoms with Crippen molar-refractivity contribution in [3.8, 4) is 0 Å². The first kappa shape index (κ1) is 18.2. The van der Waals surface area contributed by atoms with Crippen molar-refractivity contribution in [3.63, 3.8) is 0 Å². The van der Waals surface area contributed by atoms with Crippen molar-refractivity contribution in [2.75, 3.05) is 47.8 Å². The lowest BCUT2D eigenvalue weighted by atomic mass is 10.1. The smallest absolute Gasteiger partial charge is 0.247 e. The van der Waals surface area contributed by atoms with Gasteiger partial charge < -0.3 is 15.1 Å². The zero-order chi connectivity index (χ0) is 19.2. The van der Waals surface area contributed by atoms with Gasteiger partial charge in [-0.2, -0.15) is 10.1 Å². The van der Waals surface area contributed by atoms with Crippen molar-refractivity contribution < 1.29 is 4.39 Å². The number of aromatic nitrogens is 3. The Morgan fingerprint density at radius 2 is 1.61 bits per heavy atom. The highest BCUT2D eigenvalue weighted by Gasteiger charge is 2.20. The molecule has 1 saturated heterocycles. The Labute approximate surface area is 164 Å². The van der Waals surface area contributed by atoms with Gasteiger partial charge in [0.05, 0.1) is 6.20 Å². The van der Waals surface area contributed by atoms with Crippen molar-refractivity contribution >= 4 is 17.5 Å². The minimum atomic E-state index is -0.210. The van der Waals surface area contributed by atoms with Crippen molar-refractivity contribution in [2.24, 2.45) is 0 Å². The van der Waals surface area contributed by atoms with Gasteiger partial charge in [-0.1, -0.05) is 30.3 Å². The van der Waals surface area contributed by atoms with Crippen LogP contribution >= 0.6 is 0 Å². The molecule has 1 N–H and O–H groups in total. The Hall–Kier alpha value is -3.22. The summed E-state index contributed by atoms with van der Waals surface area (Å²) in [6, 6.07) is 17.0. The van der Waals surface area contributed by atoms with Crippen molar-refractivity contribution in [1.29, 1.82) is 0 Å². The van der Waals surface area contributed by atoms with Gasteiger partial charge in [0.1, 0.15) is 5.82 Å². The summed E-state index contributed by atoms with van der Waals surface area (Å²) >= 11 is 0. The lowest BCUT2D eigenvalue weighted by molar-refractivity contribution is 0.622. The first-order valence-electron chi connectivity index (χ1n) is 9.51. The molecule has 1 fully saturated rings. The molecule has 0 spiro atoms. The third-order valence-corrected chi connectivity index (χ3v) is 4.86.